The maximum absolute atomic E-state index is 5.80. The van der Waals surface area contributed by atoms with Crippen molar-refractivity contribution in [2.75, 3.05) is 0 Å². The highest BCUT2D eigenvalue weighted by Crippen LogP contribution is 2.51. The monoisotopic (exact) mass is 460 g/mol. The van der Waals surface area contributed by atoms with E-state index in [-0.39, 0.29) is 0 Å². The number of thioether (sulfide) groups is 1. The Morgan fingerprint density at radius 3 is 1.41 bits per heavy atom. The van der Waals surface area contributed by atoms with Crippen molar-refractivity contribution < 1.29 is 4.74 Å². The second kappa shape index (κ2) is 10.4. The molecule has 5 aromatic rings. The summed E-state index contributed by atoms with van der Waals surface area (Å²) >= 11 is 1.74. The van der Waals surface area contributed by atoms with E-state index in [9.17, 15) is 0 Å². The van der Waals surface area contributed by atoms with E-state index in [0.717, 1.165) is 10.5 Å². The minimum absolute atomic E-state index is 0.373. The summed E-state index contributed by atoms with van der Waals surface area (Å²) in [5.41, 5.74) is 4.67. The molecule has 4 aromatic carbocycles. The first-order chi connectivity index (χ1) is 16.8. The molecule has 1 heterocycles. The number of ether oxygens (including phenoxy) is 1. The SMILES string of the molecule is c1ccc(COc2ncc(SC(c3ccccc3)(c3ccccc3)c3ccccc3)cn2)cc1. The van der Waals surface area contributed by atoms with Gasteiger partial charge in [-0.2, -0.15) is 0 Å². The Hall–Kier alpha value is -3.89. The molecule has 0 atom stereocenters. The number of hydrogen-bond acceptors (Lipinski definition) is 4. The molecule has 166 valence electrons. The average molecular weight is 461 g/mol. The minimum Gasteiger partial charge on any atom is -0.459 e. The normalized spacial score (nSPS) is 11.2. The van der Waals surface area contributed by atoms with Gasteiger partial charge in [0.05, 0.1) is 4.75 Å². The average Bonchev–Trinajstić information content (AvgIpc) is 2.93. The standard InChI is InChI=1S/C30H24N2OS/c1-5-13-24(14-6-1)23-33-29-31-21-28(22-32-29)34-30(25-15-7-2-8-16-25,26-17-9-3-10-18-26)27-19-11-4-12-20-27/h1-22H,23H2. The Balaban J connectivity index is 1.51. The Kier molecular flexibility index (Phi) is 6.68. The maximum atomic E-state index is 5.80. The third-order valence-corrected chi connectivity index (χ3v) is 7.09. The highest BCUT2D eigenvalue weighted by Gasteiger charge is 2.37. The lowest BCUT2D eigenvalue weighted by atomic mass is 9.84. The van der Waals surface area contributed by atoms with E-state index in [0.29, 0.717) is 12.6 Å². The van der Waals surface area contributed by atoms with Crippen LogP contribution in [-0.4, -0.2) is 9.97 Å². The summed E-state index contributed by atoms with van der Waals surface area (Å²) in [5.74, 6) is 0. The van der Waals surface area contributed by atoms with Gasteiger partial charge in [-0.1, -0.05) is 121 Å². The van der Waals surface area contributed by atoms with E-state index < -0.39 is 4.75 Å². The van der Waals surface area contributed by atoms with Crippen molar-refractivity contribution in [3.05, 3.63) is 156 Å². The van der Waals surface area contributed by atoms with Crippen LogP contribution in [0.5, 0.6) is 6.01 Å². The summed E-state index contributed by atoms with van der Waals surface area (Å²) in [6, 6.07) is 42.2. The van der Waals surface area contributed by atoms with E-state index in [1.54, 1.807) is 11.8 Å². The van der Waals surface area contributed by atoms with Gasteiger partial charge in [0.15, 0.2) is 0 Å². The third-order valence-electron chi connectivity index (χ3n) is 5.63. The molecule has 1 aromatic heterocycles. The van der Waals surface area contributed by atoms with Gasteiger partial charge < -0.3 is 4.74 Å². The van der Waals surface area contributed by atoms with E-state index in [1.165, 1.54) is 16.7 Å². The molecular formula is C30H24N2OS. The molecule has 0 unspecified atom stereocenters. The highest BCUT2D eigenvalue weighted by atomic mass is 32.2. The molecule has 0 saturated heterocycles. The van der Waals surface area contributed by atoms with Gasteiger partial charge in [0.1, 0.15) is 6.61 Å². The van der Waals surface area contributed by atoms with Crippen molar-refractivity contribution in [3.63, 3.8) is 0 Å². The largest absolute Gasteiger partial charge is 0.459 e. The van der Waals surface area contributed by atoms with Gasteiger partial charge in [0, 0.05) is 17.3 Å². The molecule has 0 bridgehead atoms. The summed E-state index contributed by atoms with van der Waals surface area (Å²) in [4.78, 5) is 9.97. The zero-order chi connectivity index (χ0) is 23.1. The van der Waals surface area contributed by atoms with Gasteiger partial charge in [0.25, 0.3) is 0 Å². The third kappa shape index (κ3) is 4.73. The van der Waals surface area contributed by atoms with E-state index in [2.05, 4.69) is 101 Å². The molecule has 0 aliphatic carbocycles. The summed E-state index contributed by atoms with van der Waals surface area (Å²) in [6.45, 7) is 0.440. The van der Waals surface area contributed by atoms with Gasteiger partial charge in [-0.05, 0) is 22.3 Å². The molecule has 5 rings (SSSR count). The lowest BCUT2D eigenvalue weighted by Gasteiger charge is -2.35. The predicted octanol–water partition coefficient (Wildman–Crippen LogP) is 7.14. The summed E-state index contributed by atoms with van der Waals surface area (Å²) in [7, 11) is 0. The van der Waals surface area contributed by atoms with E-state index in [4.69, 9.17) is 4.74 Å². The van der Waals surface area contributed by atoms with Crippen LogP contribution in [0.4, 0.5) is 0 Å². The van der Waals surface area contributed by atoms with Crippen LogP contribution >= 0.6 is 11.8 Å². The molecule has 4 heteroatoms. The van der Waals surface area contributed by atoms with Gasteiger partial charge in [0.2, 0.25) is 0 Å². The lowest BCUT2D eigenvalue weighted by molar-refractivity contribution is 0.280. The van der Waals surface area contributed by atoms with Crippen LogP contribution in [0.1, 0.15) is 22.3 Å². The molecule has 0 N–H and O–H groups in total. The van der Waals surface area contributed by atoms with E-state index in [1.807, 2.05) is 42.7 Å². The molecule has 0 radical (unpaired) electrons. The summed E-state index contributed by atoms with van der Waals surface area (Å²) in [5, 5.41) is 0. The van der Waals surface area contributed by atoms with Crippen LogP contribution in [0.25, 0.3) is 0 Å². The minimum atomic E-state index is -0.459. The Bertz CT molecular complexity index is 1200. The zero-order valence-electron chi connectivity index (χ0n) is 18.6. The molecule has 34 heavy (non-hydrogen) atoms. The Morgan fingerprint density at radius 1 is 0.559 bits per heavy atom. The Labute approximate surface area is 204 Å². The quantitative estimate of drug-likeness (QED) is 0.182. The molecule has 0 amide bonds. The fourth-order valence-electron chi connectivity index (χ4n) is 4.03. The van der Waals surface area contributed by atoms with Crippen LogP contribution in [0.3, 0.4) is 0 Å². The fourth-order valence-corrected chi connectivity index (χ4v) is 5.35. The topological polar surface area (TPSA) is 35.0 Å². The number of aromatic nitrogens is 2. The van der Waals surface area contributed by atoms with Gasteiger partial charge in [-0.15, -0.1) is 11.8 Å². The van der Waals surface area contributed by atoms with Crippen molar-refractivity contribution in [1.29, 1.82) is 0 Å². The molecule has 3 nitrogen and oxygen atoms in total. The molecule has 0 spiro atoms. The molecule has 0 aliphatic heterocycles. The molecule has 0 saturated carbocycles. The van der Waals surface area contributed by atoms with Gasteiger partial charge in [-0.25, -0.2) is 9.97 Å². The van der Waals surface area contributed by atoms with Crippen LogP contribution in [0, 0.1) is 0 Å². The molecular weight excluding hydrogens is 436 g/mol. The number of hydrogen-bond donors (Lipinski definition) is 0. The smallest absolute Gasteiger partial charge is 0.316 e. The zero-order valence-corrected chi connectivity index (χ0v) is 19.4. The van der Waals surface area contributed by atoms with Crippen LogP contribution in [0.15, 0.2) is 139 Å². The number of nitrogens with zero attached hydrogens (tertiary/aromatic N) is 2. The lowest BCUT2D eigenvalue weighted by Crippen LogP contribution is -2.25. The first kappa shape index (κ1) is 21.9. The predicted molar refractivity (Wildman–Crippen MR) is 138 cm³/mol. The van der Waals surface area contributed by atoms with Crippen molar-refractivity contribution in [3.8, 4) is 6.01 Å². The van der Waals surface area contributed by atoms with Crippen molar-refractivity contribution in [2.24, 2.45) is 0 Å². The first-order valence-corrected chi connectivity index (χ1v) is 12.0. The van der Waals surface area contributed by atoms with Crippen molar-refractivity contribution >= 4 is 11.8 Å². The van der Waals surface area contributed by atoms with Crippen LogP contribution < -0.4 is 4.74 Å². The number of rotatable bonds is 8. The van der Waals surface area contributed by atoms with Gasteiger partial charge in [-0.3, -0.25) is 0 Å². The van der Waals surface area contributed by atoms with Crippen molar-refractivity contribution in [1.82, 2.24) is 9.97 Å². The molecule has 0 aliphatic rings. The summed E-state index contributed by atoms with van der Waals surface area (Å²) in [6.07, 6.45) is 3.70. The Morgan fingerprint density at radius 2 is 0.971 bits per heavy atom. The van der Waals surface area contributed by atoms with E-state index >= 15 is 0 Å². The first-order valence-electron chi connectivity index (χ1n) is 11.2. The summed E-state index contributed by atoms with van der Waals surface area (Å²) < 4.78 is 5.34. The van der Waals surface area contributed by atoms with Crippen LogP contribution in [0.2, 0.25) is 0 Å². The van der Waals surface area contributed by atoms with Crippen LogP contribution in [-0.2, 0) is 11.4 Å². The second-order valence-corrected chi connectivity index (χ2v) is 9.14. The number of benzene rings is 4. The van der Waals surface area contributed by atoms with Gasteiger partial charge >= 0.3 is 6.01 Å². The maximum Gasteiger partial charge on any atom is 0.316 e. The highest BCUT2D eigenvalue weighted by molar-refractivity contribution is 8.00. The molecule has 0 fully saturated rings. The second-order valence-electron chi connectivity index (χ2n) is 7.86. The fraction of sp³-hybridized carbons (Fsp3) is 0.0667. The van der Waals surface area contributed by atoms with Crippen molar-refractivity contribution in [2.45, 2.75) is 16.2 Å².